The number of amides is 1. The number of hydrogen-bond donors (Lipinski definition) is 0. The lowest BCUT2D eigenvalue weighted by Gasteiger charge is -2.36. The molecule has 0 N–H and O–H groups in total. The molecule has 0 aromatic rings. The maximum atomic E-state index is 12.3. The van der Waals surface area contributed by atoms with Crippen molar-refractivity contribution in [1.82, 2.24) is 4.90 Å². The molecule has 1 rings (SSSR count). The third-order valence-corrected chi connectivity index (χ3v) is 9.18. The maximum Gasteiger partial charge on any atom is 0.411 e. The molecule has 0 unspecified atom stereocenters. The average Bonchev–Trinajstić information content (AvgIpc) is 2.96. The highest BCUT2D eigenvalue weighted by Gasteiger charge is 2.53. The largest absolute Gasteiger partial charge is 0.444 e. The second kappa shape index (κ2) is 6.52. The Morgan fingerprint density at radius 3 is 2.05 bits per heavy atom. The number of rotatable bonds is 5. The van der Waals surface area contributed by atoms with Crippen LogP contribution in [0.4, 0.5) is 4.79 Å². The van der Waals surface area contributed by atoms with Gasteiger partial charge in [-0.05, 0) is 45.3 Å². The van der Waals surface area contributed by atoms with Gasteiger partial charge in [-0.15, -0.1) is 0 Å². The summed E-state index contributed by atoms with van der Waals surface area (Å²) in [5, 5.41) is 0.193. The highest BCUT2D eigenvalue weighted by atomic mass is 28.4. The summed E-state index contributed by atoms with van der Waals surface area (Å²) in [4.78, 5) is 14.2. The molecular weight excluding hydrogens is 294 g/mol. The molecule has 1 saturated heterocycles. The van der Waals surface area contributed by atoms with E-state index in [0.29, 0.717) is 6.61 Å². The Morgan fingerprint density at radius 2 is 1.64 bits per heavy atom. The molecule has 1 aliphatic rings. The zero-order valence-electron chi connectivity index (χ0n) is 15.9. The quantitative estimate of drug-likeness (QED) is 0.537. The number of carbonyl (C=O) groups excluding carboxylic acids is 1. The third kappa shape index (κ3) is 4.98. The Balaban J connectivity index is 2.64. The molecule has 0 radical (unpaired) electrons. The van der Waals surface area contributed by atoms with Crippen molar-refractivity contribution in [2.75, 3.05) is 6.61 Å². The molecule has 1 amide bonds. The van der Waals surface area contributed by atoms with E-state index in [2.05, 4.69) is 40.8 Å². The van der Waals surface area contributed by atoms with E-state index in [0.717, 1.165) is 12.8 Å². The lowest BCUT2D eigenvalue weighted by Crippen LogP contribution is -2.42. The Morgan fingerprint density at radius 1 is 1.09 bits per heavy atom. The monoisotopic (exact) mass is 329 g/mol. The van der Waals surface area contributed by atoms with Crippen molar-refractivity contribution in [3.8, 4) is 0 Å². The highest BCUT2D eigenvalue weighted by molar-refractivity contribution is 6.74. The van der Waals surface area contributed by atoms with Gasteiger partial charge in [-0.3, -0.25) is 4.90 Å². The Bertz CT molecular complexity index is 396. The van der Waals surface area contributed by atoms with Crippen LogP contribution >= 0.6 is 0 Å². The predicted octanol–water partition coefficient (Wildman–Crippen LogP) is 4.80. The predicted molar refractivity (Wildman–Crippen MR) is 93.7 cm³/mol. The molecule has 5 heteroatoms. The van der Waals surface area contributed by atoms with Crippen LogP contribution in [0.25, 0.3) is 0 Å². The van der Waals surface area contributed by atoms with Gasteiger partial charge in [-0.1, -0.05) is 34.1 Å². The first kappa shape index (κ1) is 19.5. The molecule has 1 aliphatic heterocycles. The van der Waals surface area contributed by atoms with E-state index < -0.39 is 13.9 Å². The summed E-state index contributed by atoms with van der Waals surface area (Å²) in [6.45, 7) is 19.7. The molecule has 1 heterocycles. The molecule has 2 atom stereocenters. The molecule has 0 bridgehead atoms. The van der Waals surface area contributed by atoms with E-state index in [1.807, 2.05) is 25.7 Å². The van der Waals surface area contributed by atoms with Gasteiger partial charge in [0.25, 0.3) is 0 Å². The summed E-state index contributed by atoms with van der Waals surface area (Å²) in [6.07, 6.45) is 1.89. The zero-order valence-corrected chi connectivity index (χ0v) is 16.9. The van der Waals surface area contributed by atoms with Crippen molar-refractivity contribution < 1.29 is 14.0 Å². The summed E-state index contributed by atoms with van der Waals surface area (Å²) in [6, 6.07) is 0.466. The summed E-state index contributed by atoms with van der Waals surface area (Å²) >= 11 is 0. The number of ether oxygens (including phenoxy) is 1. The smallest absolute Gasteiger partial charge is 0.411 e. The van der Waals surface area contributed by atoms with Crippen LogP contribution in [0.5, 0.6) is 0 Å². The molecule has 22 heavy (non-hydrogen) atoms. The Hall–Kier alpha value is -0.553. The summed E-state index contributed by atoms with van der Waals surface area (Å²) in [5.41, 5.74) is -0.443. The van der Waals surface area contributed by atoms with E-state index in [1.54, 1.807) is 0 Å². The van der Waals surface area contributed by atoms with Crippen molar-refractivity contribution in [2.24, 2.45) is 0 Å². The van der Waals surface area contributed by atoms with Crippen molar-refractivity contribution >= 4 is 14.4 Å². The molecular formula is C17H35NO3Si. The normalized spacial score (nSPS) is 22.7. The highest BCUT2D eigenvalue weighted by Crippen LogP contribution is 2.39. The minimum absolute atomic E-state index is 0.184. The molecule has 0 aliphatic carbocycles. The van der Waals surface area contributed by atoms with Crippen molar-refractivity contribution in [3.63, 3.8) is 0 Å². The van der Waals surface area contributed by atoms with Crippen LogP contribution in [0, 0.1) is 0 Å². The van der Waals surface area contributed by atoms with E-state index in [4.69, 9.17) is 9.16 Å². The van der Waals surface area contributed by atoms with Crippen molar-refractivity contribution in [3.05, 3.63) is 0 Å². The minimum Gasteiger partial charge on any atom is -0.444 e. The second-order valence-corrected chi connectivity index (χ2v) is 13.7. The Labute approximate surface area is 137 Å². The molecule has 0 saturated carbocycles. The van der Waals surface area contributed by atoms with Gasteiger partial charge < -0.3 is 9.16 Å². The number of carbonyl (C=O) groups is 1. The van der Waals surface area contributed by atoms with Crippen molar-refractivity contribution in [2.45, 2.75) is 97.1 Å². The fraction of sp³-hybridized carbons (Fsp3) is 0.941. The first-order valence-electron chi connectivity index (χ1n) is 8.45. The summed E-state index contributed by atoms with van der Waals surface area (Å²) < 4.78 is 11.8. The molecule has 0 spiro atoms. The molecule has 1 fully saturated rings. The SMILES string of the molecule is CCC[C@@H]1[C@@H](CO[Si](C)(C)C(C)(C)C)N1C(=O)OC(C)(C)C. The van der Waals surface area contributed by atoms with Crippen LogP contribution < -0.4 is 0 Å². The molecule has 130 valence electrons. The minimum atomic E-state index is -1.77. The lowest BCUT2D eigenvalue weighted by molar-refractivity contribution is 0.0382. The van der Waals surface area contributed by atoms with Gasteiger partial charge in [-0.25, -0.2) is 4.79 Å². The van der Waals surface area contributed by atoms with Gasteiger partial charge in [0.05, 0.1) is 18.7 Å². The van der Waals surface area contributed by atoms with E-state index >= 15 is 0 Å². The maximum absolute atomic E-state index is 12.3. The van der Waals surface area contributed by atoms with Crippen molar-refractivity contribution in [1.29, 1.82) is 0 Å². The van der Waals surface area contributed by atoms with Crippen LogP contribution in [0.15, 0.2) is 0 Å². The topological polar surface area (TPSA) is 38.5 Å². The van der Waals surface area contributed by atoms with Gasteiger partial charge in [0.2, 0.25) is 0 Å². The van der Waals surface area contributed by atoms with Gasteiger partial charge >= 0.3 is 6.09 Å². The average molecular weight is 330 g/mol. The Kier molecular flexibility index (Phi) is 5.77. The zero-order chi connectivity index (χ0) is 17.3. The van der Waals surface area contributed by atoms with E-state index in [1.165, 1.54) is 0 Å². The van der Waals surface area contributed by atoms with Crippen LogP contribution in [0.1, 0.15) is 61.3 Å². The fourth-order valence-electron chi connectivity index (χ4n) is 2.25. The second-order valence-electron chi connectivity index (χ2n) is 8.88. The van der Waals surface area contributed by atoms with Crippen LogP contribution in [-0.4, -0.2) is 43.6 Å². The van der Waals surface area contributed by atoms with Gasteiger partial charge in [0.15, 0.2) is 8.32 Å². The lowest BCUT2D eigenvalue weighted by atomic mass is 10.2. The molecule has 0 aromatic heterocycles. The van der Waals surface area contributed by atoms with E-state index in [9.17, 15) is 4.79 Å². The standard InChI is InChI=1S/C17H35NO3Si/c1-10-11-13-14(12-20-22(8,9)17(5,6)7)18(13)15(19)21-16(2,3)4/h13-14H,10-12H2,1-9H3/t13-,14-,18?/m1/s1. The number of nitrogens with zero attached hydrogens (tertiary/aromatic N) is 1. The van der Waals surface area contributed by atoms with Crippen LogP contribution in [0.2, 0.25) is 18.1 Å². The van der Waals surface area contributed by atoms with Crippen LogP contribution in [-0.2, 0) is 9.16 Å². The van der Waals surface area contributed by atoms with E-state index in [-0.39, 0.29) is 23.2 Å². The summed E-state index contributed by atoms with van der Waals surface area (Å²) in [5.74, 6) is 0. The van der Waals surface area contributed by atoms with Crippen LogP contribution in [0.3, 0.4) is 0 Å². The molecule has 4 nitrogen and oxygen atoms in total. The third-order valence-electron chi connectivity index (χ3n) is 4.68. The molecule has 0 aromatic carbocycles. The van der Waals surface area contributed by atoms with Gasteiger partial charge in [0, 0.05) is 0 Å². The number of hydrogen-bond acceptors (Lipinski definition) is 3. The summed E-state index contributed by atoms with van der Waals surface area (Å²) in [7, 11) is -1.77. The fourth-order valence-corrected chi connectivity index (χ4v) is 3.27. The first-order valence-corrected chi connectivity index (χ1v) is 11.4. The van der Waals surface area contributed by atoms with Gasteiger partial charge in [0.1, 0.15) is 5.60 Å². The van der Waals surface area contributed by atoms with Gasteiger partial charge in [-0.2, -0.15) is 0 Å². The first-order chi connectivity index (χ1) is 9.80.